The number of nitrogens with zero attached hydrogens (tertiary/aromatic N) is 1. The Morgan fingerprint density at radius 2 is 1.84 bits per heavy atom. The minimum absolute atomic E-state index is 0.315. The van der Waals surface area contributed by atoms with Crippen LogP contribution in [0.1, 0.15) is 24.2 Å². The second-order valence-electron chi connectivity index (χ2n) is 5.39. The maximum Gasteiger partial charge on any atom is 0.338 e. The van der Waals surface area contributed by atoms with Crippen molar-refractivity contribution in [3.05, 3.63) is 60.3 Å². The van der Waals surface area contributed by atoms with Crippen molar-refractivity contribution in [3.8, 4) is 5.75 Å². The fourth-order valence-corrected chi connectivity index (χ4v) is 2.55. The van der Waals surface area contributed by atoms with Crippen molar-refractivity contribution < 1.29 is 14.3 Å². The predicted octanol–water partition coefficient (Wildman–Crippen LogP) is 4.55. The summed E-state index contributed by atoms with van der Waals surface area (Å²) in [6.07, 6.45) is 1.76. The average molecular weight is 336 g/mol. The van der Waals surface area contributed by atoms with Gasteiger partial charge in [-0.1, -0.05) is 0 Å². The third kappa shape index (κ3) is 3.88. The molecule has 0 aliphatic rings. The van der Waals surface area contributed by atoms with Crippen LogP contribution in [0.2, 0.25) is 0 Å². The molecule has 0 unspecified atom stereocenters. The van der Waals surface area contributed by atoms with Gasteiger partial charge in [-0.15, -0.1) is 0 Å². The first-order chi connectivity index (χ1) is 12.2. The summed E-state index contributed by atoms with van der Waals surface area (Å²) in [5.74, 6) is 0.494. The monoisotopic (exact) mass is 336 g/mol. The molecule has 0 spiro atoms. The maximum atomic E-state index is 11.7. The molecule has 25 heavy (non-hydrogen) atoms. The van der Waals surface area contributed by atoms with Gasteiger partial charge in [0.15, 0.2) is 0 Å². The fourth-order valence-electron chi connectivity index (χ4n) is 2.55. The smallest absolute Gasteiger partial charge is 0.338 e. The lowest BCUT2D eigenvalue weighted by Gasteiger charge is -2.11. The van der Waals surface area contributed by atoms with E-state index in [2.05, 4.69) is 10.3 Å². The van der Waals surface area contributed by atoms with Crippen LogP contribution in [-0.4, -0.2) is 24.2 Å². The van der Waals surface area contributed by atoms with E-state index in [4.69, 9.17) is 9.47 Å². The number of benzene rings is 2. The van der Waals surface area contributed by atoms with Gasteiger partial charge in [-0.3, -0.25) is 4.98 Å². The molecule has 5 nitrogen and oxygen atoms in total. The van der Waals surface area contributed by atoms with Crippen molar-refractivity contribution >= 4 is 28.2 Å². The highest BCUT2D eigenvalue weighted by Crippen LogP contribution is 2.28. The molecule has 0 saturated carbocycles. The first kappa shape index (κ1) is 16.8. The largest absolute Gasteiger partial charge is 0.494 e. The number of rotatable bonds is 6. The molecule has 2 aromatic carbocycles. The standard InChI is InChI=1S/C20H20N2O3/c1-3-24-16-9-10-18-17(13-16)19(11-12-21-18)22-15-7-5-14(6-8-15)20(23)25-4-2/h5-13H,3-4H2,1-2H3,(H,21,22). The minimum atomic E-state index is -0.315. The van der Waals surface area contributed by atoms with Crippen LogP contribution in [0.3, 0.4) is 0 Å². The topological polar surface area (TPSA) is 60.5 Å². The van der Waals surface area contributed by atoms with Crippen molar-refractivity contribution in [2.75, 3.05) is 18.5 Å². The summed E-state index contributed by atoms with van der Waals surface area (Å²) < 4.78 is 10.6. The molecule has 0 radical (unpaired) electrons. The number of carbonyl (C=O) groups is 1. The van der Waals surface area contributed by atoms with Gasteiger partial charge in [-0.2, -0.15) is 0 Å². The van der Waals surface area contributed by atoms with Crippen LogP contribution < -0.4 is 10.1 Å². The molecule has 0 amide bonds. The molecule has 0 fully saturated rings. The van der Waals surface area contributed by atoms with Gasteiger partial charge in [0.2, 0.25) is 0 Å². The zero-order chi connectivity index (χ0) is 17.6. The molecule has 128 valence electrons. The Morgan fingerprint density at radius 1 is 1.04 bits per heavy atom. The number of hydrogen-bond donors (Lipinski definition) is 1. The Hall–Kier alpha value is -3.08. The van der Waals surface area contributed by atoms with Crippen LogP contribution >= 0.6 is 0 Å². The molecule has 5 heteroatoms. The van der Waals surface area contributed by atoms with Crippen LogP contribution in [0.15, 0.2) is 54.7 Å². The summed E-state index contributed by atoms with van der Waals surface area (Å²) in [7, 11) is 0. The first-order valence-electron chi connectivity index (χ1n) is 8.27. The molecular formula is C20H20N2O3. The second kappa shape index (κ2) is 7.66. The van der Waals surface area contributed by atoms with Gasteiger partial charge in [0.25, 0.3) is 0 Å². The van der Waals surface area contributed by atoms with E-state index in [-0.39, 0.29) is 5.97 Å². The van der Waals surface area contributed by atoms with E-state index in [9.17, 15) is 4.79 Å². The molecular weight excluding hydrogens is 316 g/mol. The number of carbonyl (C=O) groups excluding carboxylic acids is 1. The van der Waals surface area contributed by atoms with Gasteiger partial charge in [-0.05, 0) is 62.4 Å². The maximum absolute atomic E-state index is 11.7. The van der Waals surface area contributed by atoms with Gasteiger partial charge in [0.05, 0.1) is 24.3 Å². The zero-order valence-corrected chi connectivity index (χ0v) is 14.3. The lowest BCUT2D eigenvalue weighted by Crippen LogP contribution is -2.04. The fraction of sp³-hybridized carbons (Fsp3) is 0.200. The summed E-state index contributed by atoms with van der Waals surface area (Å²) >= 11 is 0. The number of fused-ring (bicyclic) bond motifs is 1. The molecule has 0 aliphatic heterocycles. The highest BCUT2D eigenvalue weighted by Gasteiger charge is 2.07. The van der Waals surface area contributed by atoms with Crippen molar-refractivity contribution in [3.63, 3.8) is 0 Å². The Kier molecular flexibility index (Phi) is 5.14. The molecule has 0 bridgehead atoms. The number of anilines is 2. The zero-order valence-electron chi connectivity index (χ0n) is 14.3. The summed E-state index contributed by atoms with van der Waals surface area (Å²) in [6.45, 7) is 4.73. The van der Waals surface area contributed by atoms with Gasteiger partial charge in [0.1, 0.15) is 5.75 Å². The van der Waals surface area contributed by atoms with Gasteiger partial charge in [-0.25, -0.2) is 4.79 Å². The van der Waals surface area contributed by atoms with E-state index < -0.39 is 0 Å². The van der Waals surface area contributed by atoms with Gasteiger partial charge in [0, 0.05) is 23.0 Å². The molecule has 1 N–H and O–H groups in total. The van der Waals surface area contributed by atoms with Crippen LogP contribution in [-0.2, 0) is 4.74 Å². The van der Waals surface area contributed by atoms with E-state index in [1.807, 2.05) is 43.3 Å². The van der Waals surface area contributed by atoms with Crippen molar-refractivity contribution in [1.29, 1.82) is 0 Å². The van der Waals surface area contributed by atoms with Crippen LogP contribution in [0, 0.1) is 0 Å². The van der Waals surface area contributed by atoms with Crippen LogP contribution in [0.5, 0.6) is 5.75 Å². The van der Waals surface area contributed by atoms with Crippen molar-refractivity contribution in [2.45, 2.75) is 13.8 Å². The van der Waals surface area contributed by atoms with E-state index >= 15 is 0 Å². The molecule has 0 saturated heterocycles. The minimum Gasteiger partial charge on any atom is -0.494 e. The summed E-state index contributed by atoms with van der Waals surface area (Å²) in [5, 5.41) is 4.34. The first-order valence-corrected chi connectivity index (χ1v) is 8.27. The second-order valence-corrected chi connectivity index (χ2v) is 5.39. The van der Waals surface area contributed by atoms with E-state index in [0.29, 0.717) is 18.8 Å². The van der Waals surface area contributed by atoms with Crippen molar-refractivity contribution in [2.24, 2.45) is 0 Å². The lowest BCUT2D eigenvalue weighted by atomic mass is 10.1. The third-order valence-corrected chi connectivity index (χ3v) is 3.70. The Morgan fingerprint density at radius 3 is 2.56 bits per heavy atom. The number of hydrogen-bond acceptors (Lipinski definition) is 5. The van der Waals surface area contributed by atoms with E-state index in [1.54, 1.807) is 25.3 Å². The number of aromatic nitrogens is 1. The molecule has 3 rings (SSSR count). The molecule has 3 aromatic rings. The normalized spacial score (nSPS) is 10.5. The summed E-state index contributed by atoms with van der Waals surface area (Å²) in [5.41, 5.74) is 3.22. The Bertz CT molecular complexity index is 876. The number of ether oxygens (including phenoxy) is 2. The van der Waals surface area contributed by atoms with Crippen LogP contribution in [0.4, 0.5) is 11.4 Å². The molecule has 0 aliphatic carbocycles. The highest BCUT2D eigenvalue weighted by molar-refractivity contribution is 5.94. The Labute approximate surface area is 146 Å². The SMILES string of the molecule is CCOC(=O)c1ccc(Nc2ccnc3ccc(OCC)cc23)cc1. The van der Waals surface area contributed by atoms with Gasteiger partial charge >= 0.3 is 5.97 Å². The Balaban J connectivity index is 1.87. The molecule has 1 aromatic heterocycles. The predicted molar refractivity (Wildman–Crippen MR) is 98.6 cm³/mol. The lowest BCUT2D eigenvalue weighted by molar-refractivity contribution is 0.0526. The quantitative estimate of drug-likeness (QED) is 0.669. The van der Waals surface area contributed by atoms with Crippen molar-refractivity contribution in [1.82, 2.24) is 4.98 Å². The highest BCUT2D eigenvalue weighted by atomic mass is 16.5. The summed E-state index contributed by atoms with van der Waals surface area (Å²) in [4.78, 5) is 16.1. The number of esters is 1. The van der Waals surface area contributed by atoms with Crippen LogP contribution in [0.25, 0.3) is 10.9 Å². The molecule has 0 atom stereocenters. The molecule has 1 heterocycles. The number of pyridine rings is 1. The average Bonchev–Trinajstić information content (AvgIpc) is 2.63. The summed E-state index contributed by atoms with van der Waals surface area (Å²) in [6, 6.07) is 14.9. The third-order valence-electron chi connectivity index (χ3n) is 3.70. The van der Waals surface area contributed by atoms with E-state index in [1.165, 1.54) is 0 Å². The van der Waals surface area contributed by atoms with E-state index in [0.717, 1.165) is 28.0 Å². The number of nitrogens with one attached hydrogen (secondary N) is 1. The van der Waals surface area contributed by atoms with Gasteiger partial charge < -0.3 is 14.8 Å².